The van der Waals surface area contributed by atoms with Crippen LogP contribution in [-0.4, -0.2) is 6.61 Å². The summed E-state index contributed by atoms with van der Waals surface area (Å²) >= 11 is 3.52. The Kier molecular flexibility index (Phi) is 5.20. The number of ether oxygens (including phenoxy) is 1. The summed E-state index contributed by atoms with van der Waals surface area (Å²) in [5.74, 6) is 0. The van der Waals surface area contributed by atoms with E-state index in [2.05, 4.69) is 54.0 Å². The SMILES string of the molecule is CCCCOC(Br)c1ccc(C)cc1. The number of alkyl halides is 1. The van der Waals surface area contributed by atoms with Gasteiger partial charge in [-0.2, -0.15) is 0 Å². The predicted octanol–water partition coefficient (Wildman–Crippen LogP) is 4.21. The van der Waals surface area contributed by atoms with Crippen molar-refractivity contribution in [3.05, 3.63) is 35.4 Å². The number of aryl methyl sites for hydroxylation is 1. The highest BCUT2D eigenvalue weighted by Crippen LogP contribution is 2.24. The highest BCUT2D eigenvalue weighted by atomic mass is 79.9. The van der Waals surface area contributed by atoms with E-state index in [0.29, 0.717) is 0 Å². The Bertz CT molecular complexity index is 256. The van der Waals surface area contributed by atoms with Gasteiger partial charge < -0.3 is 4.74 Å². The summed E-state index contributed by atoms with van der Waals surface area (Å²) in [5.41, 5.74) is 2.47. The summed E-state index contributed by atoms with van der Waals surface area (Å²) in [5, 5.41) is 0.0367. The van der Waals surface area contributed by atoms with E-state index in [4.69, 9.17) is 4.74 Å². The van der Waals surface area contributed by atoms with Crippen molar-refractivity contribution in [2.45, 2.75) is 31.7 Å². The van der Waals surface area contributed by atoms with E-state index < -0.39 is 0 Å². The summed E-state index contributed by atoms with van der Waals surface area (Å²) < 4.78 is 5.62. The minimum Gasteiger partial charge on any atom is -0.362 e. The van der Waals surface area contributed by atoms with Gasteiger partial charge in [0.15, 0.2) is 0 Å². The fourth-order valence-corrected chi connectivity index (χ4v) is 1.64. The fraction of sp³-hybridized carbons (Fsp3) is 0.500. The lowest BCUT2D eigenvalue weighted by Crippen LogP contribution is -1.98. The second kappa shape index (κ2) is 6.20. The standard InChI is InChI=1S/C12H17BrO/c1-3-4-9-14-12(13)11-7-5-10(2)6-8-11/h5-8,12H,3-4,9H2,1-2H3. The lowest BCUT2D eigenvalue weighted by Gasteiger charge is -2.11. The average molecular weight is 257 g/mol. The molecule has 14 heavy (non-hydrogen) atoms. The third-order valence-electron chi connectivity index (χ3n) is 2.10. The van der Waals surface area contributed by atoms with Gasteiger partial charge in [0.1, 0.15) is 5.01 Å². The topological polar surface area (TPSA) is 9.23 Å². The minimum atomic E-state index is 0.0367. The van der Waals surface area contributed by atoms with Crippen LogP contribution < -0.4 is 0 Å². The van der Waals surface area contributed by atoms with Crippen molar-refractivity contribution in [3.8, 4) is 0 Å². The molecule has 0 saturated heterocycles. The minimum absolute atomic E-state index is 0.0367. The van der Waals surface area contributed by atoms with Crippen LogP contribution in [0, 0.1) is 6.92 Å². The molecule has 0 bridgehead atoms. The first-order chi connectivity index (χ1) is 6.74. The van der Waals surface area contributed by atoms with Crippen LogP contribution in [0.2, 0.25) is 0 Å². The third kappa shape index (κ3) is 3.81. The molecule has 0 spiro atoms. The van der Waals surface area contributed by atoms with Gasteiger partial charge in [-0.1, -0.05) is 59.1 Å². The number of hydrogen-bond donors (Lipinski definition) is 0. The molecule has 0 radical (unpaired) electrons. The average Bonchev–Trinajstić information content (AvgIpc) is 2.19. The van der Waals surface area contributed by atoms with Crippen molar-refractivity contribution in [1.29, 1.82) is 0 Å². The third-order valence-corrected chi connectivity index (χ3v) is 2.89. The first-order valence-corrected chi connectivity index (χ1v) is 5.98. The van der Waals surface area contributed by atoms with Crippen LogP contribution in [0.4, 0.5) is 0 Å². The van der Waals surface area contributed by atoms with Crippen molar-refractivity contribution in [2.75, 3.05) is 6.61 Å². The second-order valence-corrected chi connectivity index (χ2v) is 4.28. The highest BCUT2D eigenvalue weighted by Gasteiger charge is 2.05. The lowest BCUT2D eigenvalue weighted by atomic mass is 10.2. The summed E-state index contributed by atoms with van der Waals surface area (Å²) in [6, 6.07) is 8.40. The monoisotopic (exact) mass is 256 g/mol. The number of unbranched alkanes of at least 4 members (excludes halogenated alkanes) is 1. The first kappa shape index (κ1) is 11.7. The van der Waals surface area contributed by atoms with Crippen LogP contribution in [-0.2, 0) is 4.74 Å². The zero-order chi connectivity index (χ0) is 10.4. The van der Waals surface area contributed by atoms with Gasteiger partial charge in [0.05, 0.1) is 0 Å². The van der Waals surface area contributed by atoms with Crippen LogP contribution in [0.25, 0.3) is 0 Å². The lowest BCUT2D eigenvalue weighted by molar-refractivity contribution is 0.115. The van der Waals surface area contributed by atoms with Gasteiger partial charge in [-0.05, 0) is 18.9 Å². The molecular formula is C12H17BrO. The van der Waals surface area contributed by atoms with Crippen molar-refractivity contribution >= 4 is 15.9 Å². The molecule has 0 heterocycles. The Morgan fingerprint density at radius 1 is 1.29 bits per heavy atom. The maximum absolute atomic E-state index is 5.62. The normalized spacial score (nSPS) is 12.8. The van der Waals surface area contributed by atoms with Crippen LogP contribution in [0.3, 0.4) is 0 Å². The van der Waals surface area contributed by atoms with E-state index >= 15 is 0 Å². The molecule has 1 aromatic rings. The van der Waals surface area contributed by atoms with E-state index in [1.54, 1.807) is 0 Å². The van der Waals surface area contributed by atoms with Gasteiger partial charge in [-0.15, -0.1) is 0 Å². The van der Waals surface area contributed by atoms with Crippen LogP contribution in [0.15, 0.2) is 24.3 Å². The maximum Gasteiger partial charge on any atom is 0.137 e. The van der Waals surface area contributed by atoms with Crippen molar-refractivity contribution in [3.63, 3.8) is 0 Å². The molecule has 0 N–H and O–H groups in total. The molecule has 0 aromatic heterocycles. The van der Waals surface area contributed by atoms with Crippen molar-refractivity contribution in [1.82, 2.24) is 0 Å². The zero-order valence-corrected chi connectivity index (χ0v) is 10.4. The molecule has 0 aliphatic heterocycles. The molecule has 2 heteroatoms. The molecular weight excluding hydrogens is 240 g/mol. The van der Waals surface area contributed by atoms with E-state index in [9.17, 15) is 0 Å². The summed E-state index contributed by atoms with van der Waals surface area (Å²) in [7, 11) is 0. The number of hydrogen-bond acceptors (Lipinski definition) is 1. The molecule has 0 aliphatic rings. The maximum atomic E-state index is 5.62. The molecule has 78 valence electrons. The number of rotatable bonds is 5. The molecule has 1 unspecified atom stereocenters. The van der Waals surface area contributed by atoms with Gasteiger partial charge in [0.2, 0.25) is 0 Å². The van der Waals surface area contributed by atoms with Gasteiger partial charge in [-0.3, -0.25) is 0 Å². The van der Waals surface area contributed by atoms with Crippen molar-refractivity contribution < 1.29 is 4.74 Å². The largest absolute Gasteiger partial charge is 0.362 e. The summed E-state index contributed by atoms with van der Waals surface area (Å²) in [6.45, 7) is 5.07. The Hall–Kier alpha value is -0.340. The Balaban J connectivity index is 2.43. The van der Waals surface area contributed by atoms with Crippen LogP contribution >= 0.6 is 15.9 Å². The smallest absolute Gasteiger partial charge is 0.137 e. The molecule has 0 aliphatic carbocycles. The van der Waals surface area contributed by atoms with E-state index in [1.807, 2.05) is 0 Å². The molecule has 0 saturated carbocycles. The zero-order valence-electron chi connectivity index (χ0n) is 8.79. The van der Waals surface area contributed by atoms with Gasteiger partial charge in [0, 0.05) is 6.61 Å². The number of halogens is 1. The highest BCUT2D eigenvalue weighted by molar-refractivity contribution is 9.09. The first-order valence-electron chi connectivity index (χ1n) is 5.06. The van der Waals surface area contributed by atoms with Crippen LogP contribution in [0.1, 0.15) is 35.9 Å². The van der Waals surface area contributed by atoms with E-state index in [0.717, 1.165) is 13.0 Å². The Morgan fingerprint density at radius 3 is 2.50 bits per heavy atom. The quantitative estimate of drug-likeness (QED) is 0.567. The van der Waals surface area contributed by atoms with E-state index in [1.165, 1.54) is 17.5 Å². The molecule has 1 rings (SSSR count). The van der Waals surface area contributed by atoms with Crippen molar-refractivity contribution in [2.24, 2.45) is 0 Å². The predicted molar refractivity (Wildman–Crippen MR) is 63.7 cm³/mol. The van der Waals surface area contributed by atoms with E-state index in [-0.39, 0.29) is 5.01 Å². The Morgan fingerprint density at radius 2 is 1.93 bits per heavy atom. The second-order valence-electron chi connectivity index (χ2n) is 3.45. The van der Waals surface area contributed by atoms with Crippen LogP contribution in [0.5, 0.6) is 0 Å². The molecule has 0 fully saturated rings. The Labute approximate surface area is 94.6 Å². The summed E-state index contributed by atoms with van der Waals surface area (Å²) in [6.07, 6.45) is 2.29. The summed E-state index contributed by atoms with van der Waals surface area (Å²) in [4.78, 5) is 0. The molecule has 1 nitrogen and oxygen atoms in total. The molecule has 1 atom stereocenters. The molecule has 0 amide bonds. The fourth-order valence-electron chi connectivity index (χ4n) is 1.15. The van der Waals surface area contributed by atoms with Gasteiger partial charge in [-0.25, -0.2) is 0 Å². The van der Waals surface area contributed by atoms with Gasteiger partial charge >= 0.3 is 0 Å². The molecule has 1 aromatic carbocycles. The number of benzene rings is 1. The van der Waals surface area contributed by atoms with Gasteiger partial charge in [0.25, 0.3) is 0 Å².